The molecule has 3 fully saturated rings. The third-order valence-corrected chi connectivity index (χ3v) is 4.95. The van der Waals surface area contributed by atoms with Crippen LogP contribution in [0.4, 0.5) is 0 Å². The highest BCUT2D eigenvalue weighted by Gasteiger charge is 2.39. The van der Waals surface area contributed by atoms with Crippen LogP contribution in [0.15, 0.2) is 24.3 Å². The maximum absolute atomic E-state index is 5.89. The first-order valence-corrected chi connectivity index (χ1v) is 7.37. The van der Waals surface area contributed by atoms with E-state index in [1.165, 1.54) is 31.4 Å². The molecule has 104 valence electrons. The van der Waals surface area contributed by atoms with Crippen molar-refractivity contribution in [3.63, 3.8) is 0 Å². The van der Waals surface area contributed by atoms with E-state index in [1.54, 1.807) is 7.11 Å². The zero-order valence-corrected chi connectivity index (χ0v) is 11.7. The highest BCUT2D eigenvalue weighted by atomic mass is 16.5. The summed E-state index contributed by atoms with van der Waals surface area (Å²) in [5.74, 6) is 2.53. The Kier molecular flexibility index (Phi) is 3.76. The van der Waals surface area contributed by atoms with E-state index in [0.717, 1.165) is 36.7 Å². The number of hydrogen-bond donors (Lipinski definition) is 1. The van der Waals surface area contributed by atoms with E-state index >= 15 is 0 Å². The average Bonchev–Trinajstić information content (AvgIpc) is 2.48. The van der Waals surface area contributed by atoms with Crippen molar-refractivity contribution in [2.45, 2.75) is 31.8 Å². The molecule has 1 aromatic rings. The minimum Gasteiger partial charge on any atom is -0.497 e. The number of fused-ring (bicyclic) bond motifs is 3. The second kappa shape index (κ2) is 5.51. The van der Waals surface area contributed by atoms with Crippen LogP contribution in [0.5, 0.6) is 5.75 Å². The van der Waals surface area contributed by atoms with E-state index in [1.807, 2.05) is 0 Å². The van der Waals surface area contributed by atoms with E-state index in [4.69, 9.17) is 10.5 Å². The van der Waals surface area contributed by atoms with Gasteiger partial charge in [0.15, 0.2) is 0 Å². The van der Waals surface area contributed by atoms with E-state index in [9.17, 15) is 0 Å². The maximum Gasteiger partial charge on any atom is 0.118 e. The zero-order valence-electron chi connectivity index (χ0n) is 11.7. The molecule has 19 heavy (non-hydrogen) atoms. The molecular formula is C16H24N2O. The fourth-order valence-corrected chi connectivity index (χ4v) is 3.77. The van der Waals surface area contributed by atoms with Crippen LogP contribution >= 0.6 is 0 Å². The van der Waals surface area contributed by atoms with Crippen molar-refractivity contribution in [1.29, 1.82) is 0 Å². The fraction of sp³-hybridized carbons (Fsp3) is 0.625. The standard InChI is InChI=1S/C16H24N2O/c1-19-16-6-2-12(3-7-16)10-18-11-13-4-5-15(18)8-14(13)9-17/h2-3,6-7,13-15H,4-5,8-11,17H2,1H3. The first-order valence-electron chi connectivity index (χ1n) is 7.37. The lowest BCUT2D eigenvalue weighted by molar-refractivity contribution is 0.00299. The molecule has 1 aromatic carbocycles. The second-order valence-corrected chi connectivity index (χ2v) is 6.00. The highest BCUT2D eigenvalue weighted by molar-refractivity contribution is 5.27. The van der Waals surface area contributed by atoms with Gasteiger partial charge in [0.25, 0.3) is 0 Å². The molecule has 2 saturated heterocycles. The van der Waals surface area contributed by atoms with Gasteiger partial charge < -0.3 is 10.5 Å². The summed E-state index contributed by atoms with van der Waals surface area (Å²) in [5, 5.41) is 0. The molecule has 0 spiro atoms. The normalized spacial score (nSPS) is 30.5. The molecule has 2 bridgehead atoms. The van der Waals surface area contributed by atoms with Crippen LogP contribution in [0.2, 0.25) is 0 Å². The van der Waals surface area contributed by atoms with Crippen LogP contribution in [0.3, 0.4) is 0 Å². The molecule has 0 radical (unpaired) electrons. The number of nitrogens with two attached hydrogens (primary N) is 1. The van der Waals surface area contributed by atoms with E-state index < -0.39 is 0 Å². The lowest BCUT2D eigenvalue weighted by Crippen LogP contribution is -2.52. The molecule has 3 unspecified atom stereocenters. The minimum absolute atomic E-state index is 0.751. The molecule has 3 heteroatoms. The number of piperidine rings is 2. The lowest BCUT2D eigenvalue weighted by atomic mass is 9.72. The van der Waals surface area contributed by atoms with Crippen LogP contribution in [0, 0.1) is 11.8 Å². The van der Waals surface area contributed by atoms with Gasteiger partial charge in [-0.1, -0.05) is 12.1 Å². The maximum atomic E-state index is 5.89. The number of benzene rings is 1. The summed E-state index contributed by atoms with van der Waals surface area (Å²) in [6.45, 7) is 3.18. The third-order valence-electron chi connectivity index (χ3n) is 4.95. The van der Waals surface area contributed by atoms with Crippen LogP contribution < -0.4 is 10.5 Å². The molecule has 2 heterocycles. The van der Waals surface area contributed by atoms with Crippen molar-refractivity contribution < 1.29 is 4.74 Å². The second-order valence-electron chi connectivity index (χ2n) is 6.00. The summed E-state index contributed by atoms with van der Waals surface area (Å²) in [6, 6.07) is 9.23. The predicted octanol–water partition coefficient (Wildman–Crippen LogP) is 2.25. The molecule has 0 amide bonds. The van der Waals surface area contributed by atoms with Crippen LogP contribution in [0.25, 0.3) is 0 Å². The molecule has 2 aliphatic heterocycles. The lowest BCUT2D eigenvalue weighted by Gasteiger charge is -2.49. The molecule has 3 nitrogen and oxygen atoms in total. The number of hydrogen-bond acceptors (Lipinski definition) is 3. The van der Waals surface area contributed by atoms with Crippen LogP contribution in [-0.4, -0.2) is 31.1 Å². The van der Waals surface area contributed by atoms with Crippen molar-refractivity contribution in [2.75, 3.05) is 20.2 Å². The van der Waals surface area contributed by atoms with Gasteiger partial charge in [-0.05, 0) is 55.3 Å². The fourth-order valence-electron chi connectivity index (χ4n) is 3.77. The van der Waals surface area contributed by atoms with Gasteiger partial charge >= 0.3 is 0 Å². The molecule has 2 N–H and O–H groups in total. The Bertz CT molecular complexity index is 417. The average molecular weight is 260 g/mol. The van der Waals surface area contributed by atoms with Crippen molar-refractivity contribution in [1.82, 2.24) is 4.90 Å². The minimum atomic E-state index is 0.751. The van der Waals surface area contributed by atoms with Gasteiger partial charge in [0, 0.05) is 19.1 Å². The van der Waals surface area contributed by atoms with Crippen molar-refractivity contribution >= 4 is 0 Å². The summed E-state index contributed by atoms with van der Waals surface area (Å²) < 4.78 is 5.21. The Morgan fingerprint density at radius 3 is 2.63 bits per heavy atom. The summed E-state index contributed by atoms with van der Waals surface area (Å²) >= 11 is 0. The number of rotatable bonds is 4. The Morgan fingerprint density at radius 2 is 2.05 bits per heavy atom. The number of ether oxygens (including phenoxy) is 1. The molecule has 0 aromatic heterocycles. The number of nitrogens with zero attached hydrogens (tertiary/aromatic N) is 1. The molecule has 1 aliphatic carbocycles. The van der Waals surface area contributed by atoms with Gasteiger partial charge in [0.2, 0.25) is 0 Å². The molecule has 3 atom stereocenters. The van der Waals surface area contributed by atoms with Crippen LogP contribution in [0.1, 0.15) is 24.8 Å². The highest BCUT2D eigenvalue weighted by Crippen LogP contribution is 2.39. The Morgan fingerprint density at radius 1 is 1.26 bits per heavy atom. The molecule has 3 aliphatic rings. The first-order chi connectivity index (χ1) is 9.30. The van der Waals surface area contributed by atoms with Crippen molar-refractivity contribution in [3.05, 3.63) is 29.8 Å². The zero-order chi connectivity index (χ0) is 13.2. The monoisotopic (exact) mass is 260 g/mol. The van der Waals surface area contributed by atoms with Gasteiger partial charge in [-0.3, -0.25) is 4.90 Å². The van der Waals surface area contributed by atoms with Crippen molar-refractivity contribution in [3.8, 4) is 5.75 Å². The molecule has 1 saturated carbocycles. The predicted molar refractivity (Wildman–Crippen MR) is 77.1 cm³/mol. The van der Waals surface area contributed by atoms with Gasteiger partial charge in [0.1, 0.15) is 5.75 Å². The summed E-state index contributed by atoms with van der Waals surface area (Å²) in [4.78, 5) is 2.65. The largest absolute Gasteiger partial charge is 0.497 e. The topological polar surface area (TPSA) is 38.5 Å². The van der Waals surface area contributed by atoms with E-state index in [0.29, 0.717) is 0 Å². The summed E-state index contributed by atoms with van der Waals surface area (Å²) in [6.07, 6.45) is 4.04. The molecule has 4 rings (SSSR count). The SMILES string of the molecule is COc1ccc(CN2CC3CCC2CC3CN)cc1. The van der Waals surface area contributed by atoms with Crippen LogP contribution in [-0.2, 0) is 6.54 Å². The van der Waals surface area contributed by atoms with Crippen molar-refractivity contribution in [2.24, 2.45) is 17.6 Å². The summed E-state index contributed by atoms with van der Waals surface area (Å²) in [5.41, 5.74) is 7.27. The van der Waals surface area contributed by atoms with Gasteiger partial charge in [-0.25, -0.2) is 0 Å². The third kappa shape index (κ3) is 2.63. The smallest absolute Gasteiger partial charge is 0.118 e. The van der Waals surface area contributed by atoms with Gasteiger partial charge in [-0.15, -0.1) is 0 Å². The number of methoxy groups -OCH3 is 1. The Labute approximate surface area is 115 Å². The quantitative estimate of drug-likeness (QED) is 0.902. The molecular weight excluding hydrogens is 236 g/mol. The Balaban J connectivity index is 1.64. The van der Waals surface area contributed by atoms with Gasteiger partial charge in [0.05, 0.1) is 7.11 Å². The van der Waals surface area contributed by atoms with E-state index in [-0.39, 0.29) is 0 Å². The van der Waals surface area contributed by atoms with Gasteiger partial charge in [-0.2, -0.15) is 0 Å². The summed E-state index contributed by atoms with van der Waals surface area (Å²) in [7, 11) is 1.71. The Hall–Kier alpha value is -1.06. The van der Waals surface area contributed by atoms with E-state index in [2.05, 4.69) is 29.2 Å². The first kappa shape index (κ1) is 12.9.